The van der Waals surface area contributed by atoms with Gasteiger partial charge in [0, 0.05) is 0 Å². The number of tetrazole rings is 1. The van der Waals surface area contributed by atoms with Gasteiger partial charge in [0.2, 0.25) is 0 Å². The number of nitrogens with zero attached hydrogens (tertiary/aromatic N) is 3. The van der Waals surface area contributed by atoms with E-state index in [0.717, 1.165) is 0 Å². The number of hydrogen-bond acceptors (Lipinski definition) is 3. The summed E-state index contributed by atoms with van der Waals surface area (Å²) in [5.41, 5.74) is 3.17. The van der Waals surface area contributed by atoms with Gasteiger partial charge < -0.3 is 0 Å². The number of nitrogens with one attached hydrogen (secondary N) is 1. The number of rotatable bonds is 0. The molecule has 1 aromatic heterocycles. The van der Waals surface area contributed by atoms with Crippen LogP contribution in [0.3, 0.4) is 0 Å². The van der Waals surface area contributed by atoms with Crippen LogP contribution in [0.15, 0.2) is 54.9 Å². The molecule has 1 aliphatic carbocycles. The van der Waals surface area contributed by atoms with E-state index in [1.807, 2.05) is 0 Å². The van der Waals surface area contributed by atoms with Crippen molar-refractivity contribution in [1.29, 1.82) is 0 Å². The maximum atomic E-state index is 3.38. The van der Waals surface area contributed by atoms with E-state index in [0.29, 0.717) is 0 Å². The fraction of sp³-hybridized carbons (Fsp3) is 0.211. The Bertz CT molecular complexity index is 912. The van der Waals surface area contributed by atoms with Crippen LogP contribution in [0, 0.1) is 0 Å². The molecule has 0 radical (unpaired) electrons. The van der Waals surface area contributed by atoms with Gasteiger partial charge in [0.25, 0.3) is 0 Å². The van der Waals surface area contributed by atoms with Crippen LogP contribution in [0.2, 0.25) is 0 Å². The molecule has 4 nitrogen and oxygen atoms in total. The Balaban J connectivity index is 0.000000233. The summed E-state index contributed by atoms with van der Waals surface area (Å²) in [5.74, 6) is 0. The van der Waals surface area contributed by atoms with Crippen LogP contribution >= 0.6 is 0 Å². The smallest absolute Gasteiger partial charge is 0.161 e. The van der Waals surface area contributed by atoms with E-state index in [1.54, 1.807) is 11.1 Å². The molecule has 4 heteroatoms. The second-order valence-electron chi connectivity index (χ2n) is 5.85. The van der Waals surface area contributed by atoms with Gasteiger partial charge in [-0.05, 0) is 58.4 Å². The molecule has 5 rings (SSSR count). The highest BCUT2D eigenvalue weighted by Gasteiger charge is 2.13. The van der Waals surface area contributed by atoms with Gasteiger partial charge in [-0.3, -0.25) is 0 Å². The van der Waals surface area contributed by atoms with Crippen molar-refractivity contribution in [2.75, 3.05) is 0 Å². The molecule has 1 heterocycles. The number of benzene rings is 3. The largest absolute Gasteiger partial charge is 0.177 e. The molecule has 4 aromatic rings. The molecule has 0 saturated heterocycles. The minimum atomic E-state index is 1.25. The van der Waals surface area contributed by atoms with Gasteiger partial charge in [-0.25, -0.2) is 0 Å². The third kappa shape index (κ3) is 2.68. The van der Waals surface area contributed by atoms with E-state index in [9.17, 15) is 0 Å². The molecule has 0 spiro atoms. The van der Waals surface area contributed by atoms with Gasteiger partial charge in [-0.2, -0.15) is 5.21 Å². The summed E-state index contributed by atoms with van der Waals surface area (Å²) in [4.78, 5) is 0. The quantitative estimate of drug-likeness (QED) is 0.498. The van der Waals surface area contributed by atoms with E-state index >= 15 is 0 Å². The topological polar surface area (TPSA) is 54.5 Å². The van der Waals surface area contributed by atoms with Crippen LogP contribution in [0.25, 0.3) is 21.5 Å². The van der Waals surface area contributed by atoms with Gasteiger partial charge in [0.15, 0.2) is 6.33 Å². The average molecular weight is 302 g/mol. The predicted octanol–water partition coefficient (Wildman–Crippen LogP) is 4.07. The Hall–Kier alpha value is -2.75. The fourth-order valence-electron chi connectivity index (χ4n) is 3.47. The molecule has 1 aliphatic rings. The lowest BCUT2D eigenvalue weighted by Crippen LogP contribution is -2.02. The highest BCUT2D eigenvalue weighted by atomic mass is 15.5. The van der Waals surface area contributed by atoms with Crippen molar-refractivity contribution in [2.24, 2.45) is 0 Å². The zero-order valence-corrected chi connectivity index (χ0v) is 12.9. The molecular weight excluding hydrogens is 284 g/mol. The second kappa shape index (κ2) is 6.16. The molecule has 0 amide bonds. The van der Waals surface area contributed by atoms with Crippen molar-refractivity contribution in [2.45, 2.75) is 25.7 Å². The molecule has 0 atom stereocenters. The van der Waals surface area contributed by atoms with Gasteiger partial charge in [0.05, 0.1) is 0 Å². The first-order chi connectivity index (χ1) is 11.4. The normalized spacial score (nSPS) is 13.4. The van der Waals surface area contributed by atoms with Crippen LogP contribution in [0.5, 0.6) is 0 Å². The second-order valence-corrected chi connectivity index (χ2v) is 5.85. The Morgan fingerprint density at radius 1 is 0.783 bits per heavy atom. The number of hydrogen-bond donors (Lipinski definition) is 1. The number of aromatic nitrogens is 4. The van der Waals surface area contributed by atoms with Gasteiger partial charge in [-0.15, -0.1) is 10.2 Å². The zero-order chi connectivity index (χ0) is 15.5. The van der Waals surface area contributed by atoms with Crippen LogP contribution in [0.4, 0.5) is 0 Å². The lowest BCUT2D eigenvalue weighted by molar-refractivity contribution is 0.690. The Morgan fingerprint density at radius 2 is 1.65 bits per heavy atom. The van der Waals surface area contributed by atoms with Crippen molar-refractivity contribution in [3.05, 3.63) is 66.0 Å². The van der Waals surface area contributed by atoms with Crippen molar-refractivity contribution >= 4 is 21.5 Å². The Kier molecular flexibility index (Phi) is 3.72. The molecule has 3 aromatic carbocycles. The SMILES string of the molecule is c1ccc2c(c1)ccc1c3c(ccc12)CCCC3.c1nn[nH]n1. The molecule has 1 N–H and O–H groups in total. The lowest BCUT2D eigenvalue weighted by atomic mass is 9.86. The van der Waals surface area contributed by atoms with Crippen LogP contribution in [-0.4, -0.2) is 20.6 Å². The summed E-state index contributed by atoms with van der Waals surface area (Å²) in [6, 6.07) is 18.0. The Labute approximate surface area is 134 Å². The van der Waals surface area contributed by atoms with Gasteiger partial charge >= 0.3 is 0 Å². The third-order valence-electron chi connectivity index (χ3n) is 4.53. The summed E-state index contributed by atoms with van der Waals surface area (Å²) in [6.07, 6.45) is 6.55. The van der Waals surface area contributed by atoms with Gasteiger partial charge in [-0.1, -0.05) is 53.7 Å². The van der Waals surface area contributed by atoms with E-state index in [1.165, 1.54) is 53.6 Å². The van der Waals surface area contributed by atoms with Crippen LogP contribution in [0.1, 0.15) is 24.0 Å². The zero-order valence-electron chi connectivity index (χ0n) is 12.9. The third-order valence-corrected chi connectivity index (χ3v) is 4.53. The number of aromatic amines is 1. The van der Waals surface area contributed by atoms with Crippen molar-refractivity contribution < 1.29 is 0 Å². The molecule has 114 valence electrons. The fourth-order valence-corrected chi connectivity index (χ4v) is 3.47. The first-order valence-corrected chi connectivity index (χ1v) is 8.02. The Morgan fingerprint density at radius 3 is 2.48 bits per heavy atom. The summed E-state index contributed by atoms with van der Waals surface area (Å²) in [7, 11) is 0. The molecule has 0 saturated carbocycles. The van der Waals surface area contributed by atoms with E-state index in [4.69, 9.17) is 0 Å². The first-order valence-electron chi connectivity index (χ1n) is 8.02. The molecular formula is C19H18N4. The number of fused-ring (bicyclic) bond motifs is 5. The van der Waals surface area contributed by atoms with E-state index in [-0.39, 0.29) is 0 Å². The highest BCUT2D eigenvalue weighted by Crippen LogP contribution is 2.33. The molecule has 23 heavy (non-hydrogen) atoms. The monoisotopic (exact) mass is 302 g/mol. The van der Waals surface area contributed by atoms with Crippen molar-refractivity contribution in [3.63, 3.8) is 0 Å². The van der Waals surface area contributed by atoms with E-state index < -0.39 is 0 Å². The standard InChI is InChI=1S/C18H16.CH2N4/c1-3-7-15-13(5-1)9-11-18-16-8-4-2-6-14(16)10-12-17(15)18;1-2-4-5-3-1/h1,3,5,7,9-12H,2,4,6,8H2;1H,(H,2,3,4,5). The summed E-state index contributed by atoms with van der Waals surface area (Å²) in [5, 5.41) is 17.8. The minimum Gasteiger partial charge on any atom is -0.177 e. The molecule has 0 aliphatic heterocycles. The summed E-state index contributed by atoms with van der Waals surface area (Å²) >= 11 is 0. The predicted molar refractivity (Wildman–Crippen MR) is 92.3 cm³/mol. The van der Waals surface area contributed by atoms with Crippen LogP contribution in [-0.2, 0) is 12.8 Å². The lowest BCUT2D eigenvalue weighted by Gasteiger charge is -2.18. The molecule has 0 fully saturated rings. The molecule has 0 bridgehead atoms. The number of aryl methyl sites for hydroxylation is 2. The van der Waals surface area contributed by atoms with Crippen LogP contribution < -0.4 is 0 Å². The summed E-state index contributed by atoms with van der Waals surface area (Å²) < 4.78 is 0. The summed E-state index contributed by atoms with van der Waals surface area (Å²) in [6.45, 7) is 0. The average Bonchev–Trinajstić information content (AvgIpc) is 3.21. The maximum absolute atomic E-state index is 3.38. The first kappa shape index (κ1) is 13.9. The van der Waals surface area contributed by atoms with Crippen molar-refractivity contribution in [1.82, 2.24) is 20.6 Å². The maximum Gasteiger partial charge on any atom is 0.161 e. The molecule has 0 unspecified atom stereocenters. The van der Waals surface area contributed by atoms with E-state index in [2.05, 4.69) is 69.2 Å². The number of H-pyrrole nitrogens is 1. The highest BCUT2D eigenvalue weighted by molar-refractivity contribution is 6.08. The minimum absolute atomic E-state index is 1.25. The van der Waals surface area contributed by atoms with Crippen molar-refractivity contribution in [3.8, 4) is 0 Å². The van der Waals surface area contributed by atoms with Gasteiger partial charge in [0.1, 0.15) is 0 Å².